The third-order valence-electron chi connectivity index (χ3n) is 2.27. The molecule has 0 amide bonds. The Bertz CT molecular complexity index is 407. The molecule has 1 atom stereocenters. The van der Waals surface area contributed by atoms with Crippen LogP contribution in [0.25, 0.3) is 0 Å². The van der Waals surface area contributed by atoms with E-state index in [2.05, 4.69) is 0 Å². The molecule has 1 N–H and O–H groups in total. The SMILES string of the molecule is CC[S@](=N)(=O)c1ccc(C)c(C)c1. The molecule has 2 nitrogen and oxygen atoms in total. The first-order valence-corrected chi connectivity index (χ1v) is 6.04. The maximum atomic E-state index is 11.7. The molecule has 1 rings (SSSR count). The molecule has 1 aromatic rings. The van der Waals surface area contributed by atoms with Gasteiger partial charge in [0.1, 0.15) is 0 Å². The van der Waals surface area contributed by atoms with Crippen LogP contribution in [0.5, 0.6) is 0 Å². The Morgan fingerprint density at radius 1 is 1.31 bits per heavy atom. The average molecular weight is 197 g/mol. The highest BCUT2D eigenvalue weighted by Gasteiger charge is 2.07. The minimum Gasteiger partial charge on any atom is -0.249 e. The molecule has 0 radical (unpaired) electrons. The van der Waals surface area contributed by atoms with Gasteiger partial charge in [-0.1, -0.05) is 13.0 Å². The summed E-state index contributed by atoms with van der Waals surface area (Å²) in [5, 5.41) is 0. The van der Waals surface area contributed by atoms with E-state index >= 15 is 0 Å². The first-order valence-electron chi connectivity index (χ1n) is 4.31. The van der Waals surface area contributed by atoms with Crippen LogP contribution in [0.15, 0.2) is 23.1 Å². The summed E-state index contributed by atoms with van der Waals surface area (Å²) in [4.78, 5) is 0.651. The van der Waals surface area contributed by atoms with Crippen LogP contribution in [0.2, 0.25) is 0 Å². The molecule has 0 saturated heterocycles. The van der Waals surface area contributed by atoms with Gasteiger partial charge in [0.15, 0.2) is 0 Å². The Labute approximate surface area is 80.0 Å². The molecule has 0 heterocycles. The Kier molecular flexibility index (Phi) is 2.76. The molecule has 13 heavy (non-hydrogen) atoms. The minimum atomic E-state index is -2.54. The van der Waals surface area contributed by atoms with Crippen molar-refractivity contribution < 1.29 is 4.21 Å². The van der Waals surface area contributed by atoms with E-state index in [-0.39, 0.29) is 0 Å². The molecule has 3 heteroatoms. The van der Waals surface area contributed by atoms with Crippen molar-refractivity contribution in [2.75, 3.05) is 5.75 Å². The summed E-state index contributed by atoms with van der Waals surface area (Å²) >= 11 is 0. The Morgan fingerprint density at radius 2 is 1.92 bits per heavy atom. The molecule has 0 aliphatic heterocycles. The lowest BCUT2D eigenvalue weighted by atomic mass is 10.1. The van der Waals surface area contributed by atoms with Gasteiger partial charge >= 0.3 is 0 Å². The van der Waals surface area contributed by atoms with Gasteiger partial charge in [-0.05, 0) is 37.1 Å². The Hall–Kier alpha value is -0.830. The molecule has 0 aromatic heterocycles. The second-order valence-electron chi connectivity index (χ2n) is 3.21. The monoisotopic (exact) mass is 197 g/mol. The predicted octanol–water partition coefficient (Wildman–Crippen LogP) is 2.73. The largest absolute Gasteiger partial charge is 0.249 e. The second kappa shape index (κ2) is 3.50. The van der Waals surface area contributed by atoms with Crippen molar-refractivity contribution in [2.45, 2.75) is 25.7 Å². The van der Waals surface area contributed by atoms with E-state index in [1.807, 2.05) is 26.0 Å². The normalized spacial score (nSPS) is 15.3. The second-order valence-corrected chi connectivity index (χ2v) is 5.61. The van der Waals surface area contributed by atoms with Crippen molar-refractivity contribution in [3.8, 4) is 0 Å². The molecular weight excluding hydrogens is 182 g/mol. The fraction of sp³-hybridized carbons (Fsp3) is 0.400. The highest BCUT2D eigenvalue weighted by molar-refractivity contribution is 7.92. The van der Waals surface area contributed by atoms with Gasteiger partial charge in [-0.2, -0.15) is 0 Å². The van der Waals surface area contributed by atoms with Crippen molar-refractivity contribution in [3.05, 3.63) is 29.3 Å². The summed E-state index contributed by atoms with van der Waals surface area (Å²) in [5.74, 6) is 0.384. The Morgan fingerprint density at radius 3 is 2.38 bits per heavy atom. The zero-order chi connectivity index (χ0) is 10.1. The van der Waals surface area contributed by atoms with Crippen LogP contribution < -0.4 is 0 Å². The molecule has 0 spiro atoms. The van der Waals surface area contributed by atoms with Gasteiger partial charge in [-0.3, -0.25) is 0 Å². The summed E-state index contributed by atoms with van der Waals surface area (Å²) in [6.45, 7) is 5.77. The van der Waals surface area contributed by atoms with E-state index in [4.69, 9.17) is 4.78 Å². The first-order chi connectivity index (χ1) is 5.97. The van der Waals surface area contributed by atoms with Gasteiger partial charge < -0.3 is 0 Å². The predicted molar refractivity (Wildman–Crippen MR) is 55.6 cm³/mol. The van der Waals surface area contributed by atoms with Crippen LogP contribution in [0.4, 0.5) is 0 Å². The van der Waals surface area contributed by atoms with E-state index in [0.29, 0.717) is 10.6 Å². The molecule has 0 aliphatic rings. The van der Waals surface area contributed by atoms with Gasteiger partial charge in [0.25, 0.3) is 0 Å². The maximum Gasteiger partial charge on any atom is 0.0723 e. The summed E-state index contributed by atoms with van der Waals surface area (Å²) < 4.78 is 19.3. The molecular formula is C10H15NOS. The van der Waals surface area contributed by atoms with Gasteiger partial charge in [-0.15, -0.1) is 0 Å². The van der Waals surface area contributed by atoms with E-state index in [1.54, 1.807) is 13.0 Å². The lowest BCUT2D eigenvalue weighted by Crippen LogP contribution is -2.02. The number of aryl methyl sites for hydroxylation is 2. The van der Waals surface area contributed by atoms with Gasteiger partial charge in [0.05, 0.1) is 9.73 Å². The third kappa shape index (κ3) is 2.10. The molecule has 0 aliphatic carbocycles. The number of hydrogen-bond acceptors (Lipinski definition) is 2. The van der Waals surface area contributed by atoms with Crippen LogP contribution >= 0.6 is 0 Å². The number of nitrogens with one attached hydrogen (secondary N) is 1. The van der Waals surface area contributed by atoms with Gasteiger partial charge in [0.2, 0.25) is 0 Å². The zero-order valence-corrected chi connectivity index (χ0v) is 9.07. The van der Waals surface area contributed by atoms with Gasteiger partial charge in [0, 0.05) is 10.6 Å². The highest BCUT2D eigenvalue weighted by Crippen LogP contribution is 2.16. The van der Waals surface area contributed by atoms with Crippen molar-refractivity contribution in [1.29, 1.82) is 4.78 Å². The smallest absolute Gasteiger partial charge is 0.0723 e. The highest BCUT2D eigenvalue weighted by atomic mass is 32.2. The topological polar surface area (TPSA) is 40.9 Å². The lowest BCUT2D eigenvalue weighted by molar-refractivity contribution is 0.675. The van der Waals surface area contributed by atoms with Crippen LogP contribution in [0.1, 0.15) is 18.1 Å². The van der Waals surface area contributed by atoms with E-state index < -0.39 is 9.73 Å². The minimum absolute atomic E-state index is 0.384. The number of rotatable bonds is 2. The van der Waals surface area contributed by atoms with Crippen LogP contribution in [-0.2, 0) is 9.73 Å². The maximum absolute atomic E-state index is 11.7. The van der Waals surface area contributed by atoms with Crippen molar-refractivity contribution in [3.63, 3.8) is 0 Å². The fourth-order valence-electron chi connectivity index (χ4n) is 1.09. The van der Waals surface area contributed by atoms with Crippen molar-refractivity contribution >= 4 is 9.73 Å². The summed E-state index contributed by atoms with van der Waals surface area (Å²) in [6, 6.07) is 5.57. The quantitative estimate of drug-likeness (QED) is 0.778. The van der Waals surface area contributed by atoms with Crippen molar-refractivity contribution in [2.24, 2.45) is 0 Å². The molecule has 0 saturated carbocycles. The molecule has 1 aromatic carbocycles. The van der Waals surface area contributed by atoms with Crippen LogP contribution in [-0.4, -0.2) is 9.96 Å². The van der Waals surface area contributed by atoms with Crippen molar-refractivity contribution in [1.82, 2.24) is 0 Å². The molecule has 0 unspecified atom stereocenters. The number of hydrogen-bond donors (Lipinski definition) is 1. The summed E-state index contributed by atoms with van der Waals surface area (Å²) in [5.41, 5.74) is 2.28. The third-order valence-corrected chi connectivity index (χ3v) is 4.09. The lowest BCUT2D eigenvalue weighted by Gasteiger charge is -2.06. The van der Waals surface area contributed by atoms with E-state index in [1.165, 1.54) is 5.56 Å². The Balaban J connectivity index is 3.27. The van der Waals surface area contributed by atoms with E-state index in [9.17, 15) is 4.21 Å². The van der Waals surface area contributed by atoms with E-state index in [0.717, 1.165) is 5.56 Å². The number of benzene rings is 1. The standard InChI is InChI=1S/C10H15NOS/c1-4-13(11,12)10-6-5-8(2)9(3)7-10/h5-7,11H,4H2,1-3H3/t13-/m0/s1. The fourth-order valence-corrected chi connectivity index (χ4v) is 2.07. The summed E-state index contributed by atoms with van der Waals surface area (Å²) in [6.07, 6.45) is 0. The summed E-state index contributed by atoms with van der Waals surface area (Å²) in [7, 11) is -2.54. The van der Waals surface area contributed by atoms with Gasteiger partial charge in [-0.25, -0.2) is 8.99 Å². The van der Waals surface area contributed by atoms with Crippen LogP contribution in [0.3, 0.4) is 0 Å². The average Bonchev–Trinajstić information content (AvgIpc) is 2.09. The molecule has 72 valence electrons. The van der Waals surface area contributed by atoms with Crippen LogP contribution in [0, 0.1) is 18.6 Å². The molecule has 0 fully saturated rings. The zero-order valence-electron chi connectivity index (χ0n) is 8.26. The first kappa shape index (κ1) is 10.3. The molecule has 0 bridgehead atoms.